The van der Waals surface area contributed by atoms with Crippen LogP contribution in [0.5, 0.6) is 0 Å². The number of amides is 1. The molecule has 1 aromatic rings. The molecule has 10 heteroatoms. The van der Waals surface area contributed by atoms with Gasteiger partial charge in [-0.3, -0.25) is 4.79 Å². The lowest BCUT2D eigenvalue weighted by Crippen LogP contribution is -2.39. The van der Waals surface area contributed by atoms with Gasteiger partial charge in [0.05, 0.1) is 0 Å². The maximum atomic E-state index is 12.5. The number of carbonyl (C=O) groups is 1. The number of nitrogens with zero attached hydrogens (tertiary/aromatic N) is 5. The SMILES string of the molecule is CN(CCN1CCCCC1)C(=O)Cn1nc(C(F)(F)F)nc1N. The van der Waals surface area contributed by atoms with Gasteiger partial charge in [-0.2, -0.15) is 18.2 Å². The van der Waals surface area contributed by atoms with Crippen LogP contribution in [0.4, 0.5) is 19.1 Å². The number of nitrogen functional groups attached to an aromatic ring is 1. The molecule has 1 fully saturated rings. The highest BCUT2D eigenvalue weighted by atomic mass is 19.4. The molecule has 2 heterocycles. The van der Waals surface area contributed by atoms with E-state index in [9.17, 15) is 18.0 Å². The molecular weight excluding hydrogens is 313 g/mol. The van der Waals surface area contributed by atoms with Gasteiger partial charge in [-0.1, -0.05) is 6.42 Å². The average Bonchev–Trinajstić information content (AvgIpc) is 2.87. The van der Waals surface area contributed by atoms with Crippen LogP contribution in [-0.4, -0.2) is 63.7 Å². The van der Waals surface area contributed by atoms with E-state index in [0.717, 1.165) is 37.2 Å². The third kappa shape index (κ3) is 4.81. The van der Waals surface area contributed by atoms with E-state index in [-0.39, 0.29) is 12.5 Å². The van der Waals surface area contributed by atoms with Crippen molar-refractivity contribution >= 4 is 11.9 Å². The summed E-state index contributed by atoms with van der Waals surface area (Å²) in [7, 11) is 1.62. The third-order valence-electron chi connectivity index (χ3n) is 3.86. The number of hydrogen-bond acceptors (Lipinski definition) is 5. The van der Waals surface area contributed by atoms with Crippen molar-refractivity contribution in [1.29, 1.82) is 0 Å². The van der Waals surface area contributed by atoms with Gasteiger partial charge < -0.3 is 15.5 Å². The van der Waals surface area contributed by atoms with Crippen molar-refractivity contribution < 1.29 is 18.0 Å². The van der Waals surface area contributed by atoms with E-state index in [1.54, 1.807) is 7.05 Å². The second-order valence-corrected chi connectivity index (χ2v) is 5.67. The van der Waals surface area contributed by atoms with Gasteiger partial charge in [0.1, 0.15) is 6.54 Å². The van der Waals surface area contributed by atoms with E-state index in [4.69, 9.17) is 5.73 Å². The van der Waals surface area contributed by atoms with Gasteiger partial charge in [-0.25, -0.2) is 4.68 Å². The van der Waals surface area contributed by atoms with Gasteiger partial charge in [0.15, 0.2) is 0 Å². The van der Waals surface area contributed by atoms with Gasteiger partial charge in [-0.05, 0) is 25.9 Å². The summed E-state index contributed by atoms with van der Waals surface area (Å²) in [6, 6.07) is 0. The Morgan fingerprint density at radius 2 is 1.96 bits per heavy atom. The van der Waals surface area contributed by atoms with Crippen molar-refractivity contribution in [3.05, 3.63) is 5.82 Å². The Kier molecular flexibility index (Phi) is 5.45. The highest BCUT2D eigenvalue weighted by molar-refractivity contribution is 5.75. The first-order valence-corrected chi connectivity index (χ1v) is 7.51. The third-order valence-corrected chi connectivity index (χ3v) is 3.86. The highest BCUT2D eigenvalue weighted by Crippen LogP contribution is 2.26. The fourth-order valence-corrected chi connectivity index (χ4v) is 2.44. The maximum absolute atomic E-state index is 12.5. The lowest BCUT2D eigenvalue weighted by molar-refractivity contribution is -0.145. The van der Waals surface area contributed by atoms with Crippen LogP contribution >= 0.6 is 0 Å². The first-order valence-electron chi connectivity index (χ1n) is 7.51. The number of piperidine rings is 1. The van der Waals surface area contributed by atoms with E-state index >= 15 is 0 Å². The van der Waals surface area contributed by atoms with E-state index in [2.05, 4.69) is 15.0 Å². The molecule has 0 spiro atoms. The van der Waals surface area contributed by atoms with E-state index in [1.165, 1.54) is 11.3 Å². The number of likely N-dealkylation sites (tertiary alicyclic amines) is 1. The Hall–Kier alpha value is -1.84. The molecule has 7 nitrogen and oxygen atoms in total. The summed E-state index contributed by atoms with van der Waals surface area (Å²) < 4.78 is 38.3. The molecule has 1 aliphatic rings. The minimum absolute atomic E-state index is 0.354. The van der Waals surface area contributed by atoms with Crippen molar-refractivity contribution in [1.82, 2.24) is 24.6 Å². The van der Waals surface area contributed by atoms with Crippen LogP contribution in [0.25, 0.3) is 0 Å². The normalized spacial score (nSPS) is 16.5. The van der Waals surface area contributed by atoms with Gasteiger partial charge in [0, 0.05) is 20.1 Å². The Morgan fingerprint density at radius 1 is 1.30 bits per heavy atom. The molecule has 130 valence electrons. The van der Waals surface area contributed by atoms with E-state index in [0.29, 0.717) is 6.54 Å². The van der Waals surface area contributed by atoms with Crippen LogP contribution in [0.3, 0.4) is 0 Å². The minimum Gasteiger partial charge on any atom is -0.368 e. The molecule has 0 atom stereocenters. The summed E-state index contributed by atoms with van der Waals surface area (Å²) in [4.78, 5) is 19.0. The first kappa shape index (κ1) is 17.5. The number of anilines is 1. The molecular formula is C13H21F3N6O. The van der Waals surface area contributed by atoms with Crippen LogP contribution in [0.2, 0.25) is 0 Å². The number of nitrogens with two attached hydrogens (primary N) is 1. The van der Waals surface area contributed by atoms with Crippen molar-refractivity contribution in [2.75, 3.05) is 39.0 Å². The van der Waals surface area contributed by atoms with Crippen LogP contribution in [0.1, 0.15) is 25.1 Å². The number of alkyl halides is 3. The number of aromatic nitrogens is 3. The standard InChI is InChI=1S/C13H21F3N6O/c1-20(7-8-21-5-3-2-4-6-21)10(23)9-22-12(17)18-11(19-22)13(14,15)16/h2-9H2,1H3,(H2,17,18,19). The van der Waals surface area contributed by atoms with Crippen molar-refractivity contribution in [2.24, 2.45) is 0 Å². The summed E-state index contributed by atoms with van der Waals surface area (Å²) in [6.45, 7) is 2.95. The number of hydrogen-bond donors (Lipinski definition) is 1. The van der Waals surface area contributed by atoms with E-state index < -0.39 is 17.9 Å². The quantitative estimate of drug-likeness (QED) is 0.862. The van der Waals surface area contributed by atoms with Gasteiger partial charge >= 0.3 is 6.18 Å². The van der Waals surface area contributed by atoms with Gasteiger partial charge in [0.2, 0.25) is 11.9 Å². The molecule has 0 aromatic carbocycles. The van der Waals surface area contributed by atoms with Crippen LogP contribution in [-0.2, 0) is 17.5 Å². The number of rotatable bonds is 5. The molecule has 0 saturated carbocycles. The van der Waals surface area contributed by atoms with Gasteiger partial charge in [-0.15, -0.1) is 5.10 Å². The second kappa shape index (κ2) is 7.16. The van der Waals surface area contributed by atoms with Crippen molar-refractivity contribution in [2.45, 2.75) is 32.0 Å². The molecule has 1 saturated heterocycles. The monoisotopic (exact) mass is 334 g/mol. The molecule has 2 rings (SSSR count). The predicted octanol–water partition coefficient (Wildman–Crippen LogP) is 0.823. The molecule has 2 N–H and O–H groups in total. The molecule has 0 unspecified atom stereocenters. The minimum atomic E-state index is -4.68. The maximum Gasteiger partial charge on any atom is 0.453 e. The lowest BCUT2D eigenvalue weighted by Gasteiger charge is -2.28. The largest absolute Gasteiger partial charge is 0.453 e. The summed E-state index contributed by atoms with van der Waals surface area (Å²) >= 11 is 0. The lowest BCUT2D eigenvalue weighted by atomic mass is 10.1. The molecule has 0 aliphatic carbocycles. The molecule has 0 bridgehead atoms. The topological polar surface area (TPSA) is 80.3 Å². The number of likely N-dealkylation sites (N-methyl/N-ethyl adjacent to an activating group) is 1. The molecule has 23 heavy (non-hydrogen) atoms. The summed E-state index contributed by atoms with van der Waals surface area (Å²) in [6.07, 6.45) is -1.12. The zero-order valence-corrected chi connectivity index (χ0v) is 13.0. The van der Waals surface area contributed by atoms with E-state index in [1.807, 2.05) is 0 Å². The second-order valence-electron chi connectivity index (χ2n) is 5.67. The molecule has 1 aromatic heterocycles. The number of halogens is 3. The Labute approximate surface area is 132 Å². The van der Waals surface area contributed by atoms with Gasteiger partial charge in [0.25, 0.3) is 5.82 Å². The predicted molar refractivity (Wildman–Crippen MR) is 77.4 cm³/mol. The Balaban J connectivity index is 1.86. The van der Waals surface area contributed by atoms with Crippen molar-refractivity contribution in [3.8, 4) is 0 Å². The average molecular weight is 334 g/mol. The van der Waals surface area contributed by atoms with Crippen LogP contribution in [0.15, 0.2) is 0 Å². The fraction of sp³-hybridized carbons (Fsp3) is 0.769. The summed E-state index contributed by atoms with van der Waals surface area (Å²) in [5.41, 5.74) is 5.39. The van der Waals surface area contributed by atoms with Crippen molar-refractivity contribution in [3.63, 3.8) is 0 Å². The Bertz CT molecular complexity index is 538. The fourth-order valence-electron chi connectivity index (χ4n) is 2.44. The summed E-state index contributed by atoms with van der Waals surface area (Å²) in [5.74, 6) is -2.11. The number of carbonyl (C=O) groups excluding carboxylic acids is 1. The molecule has 1 aliphatic heterocycles. The molecule has 1 amide bonds. The van der Waals surface area contributed by atoms with Crippen LogP contribution < -0.4 is 5.73 Å². The Morgan fingerprint density at radius 3 is 2.52 bits per heavy atom. The highest BCUT2D eigenvalue weighted by Gasteiger charge is 2.37. The zero-order chi connectivity index (χ0) is 17.0. The zero-order valence-electron chi connectivity index (χ0n) is 13.0. The smallest absolute Gasteiger partial charge is 0.368 e. The van der Waals surface area contributed by atoms with Crippen LogP contribution in [0, 0.1) is 0 Å². The molecule has 0 radical (unpaired) electrons. The summed E-state index contributed by atoms with van der Waals surface area (Å²) in [5, 5.41) is 3.25. The first-order chi connectivity index (χ1) is 10.8.